The van der Waals surface area contributed by atoms with E-state index in [0.717, 1.165) is 32.8 Å². The van der Waals surface area contributed by atoms with E-state index >= 15 is 0 Å². The van der Waals surface area contributed by atoms with E-state index in [2.05, 4.69) is 36.1 Å². The molecule has 5 heterocycles. The maximum atomic E-state index is 14.3. The summed E-state index contributed by atoms with van der Waals surface area (Å²) in [4.78, 5) is 97.8. The molecule has 1 aliphatic carbocycles. The minimum atomic E-state index is -1.20. The quantitative estimate of drug-likeness (QED) is 0.0578. The number of fused-ring (bicyclic) bond motifs is 1. The summed E-state index contributed by atoms with van der Waals surface area (Å²) in [7, 11) is 1.61. The number of rotatable bonds is 16. The molecule has 0 spiro atoms. The molecule has 6 amide bonds. The highest BCUT2D eigenvalue weighted by atomic mass is 32.1. The minimum Gasteiger partial charge on any atom is -0.495 e. The maximum absolute atomic E-state index is 14.3. The van der Waals surface area contributed by atoms with Crippen molar-refractivity contribution in [1.29, 1.82) is 0 Å². The van der Waals surface area contributed by atoms with Gasteiger partial charge in [-0.3, -0.25) is 33.8 Å². The molecule has 0 radical (unpaired) electrons. The molecule has 20 heteroatoms. The number of anilines is 3. The topological polar surface area (TPSA) is 225 Å². The van der Waals surface area contributed by atoms with Gasteiger partial charge in [0.15, 0.2) is 0 Å². The van der Waals surface area contributed by atoms with Crippen LogP contribution in [0, 0.1) is 35.4 Å². The van der Waals surface area contributed by atoms with E-state index in [4.69, 9.17) is 9.47 Å². The van der Waals surface area contributed by atoms with Gasteiger partial charge in [0.25, 0.3) is 0 Å². The number of ether oxygens (including phenoxy) is 2. The van der Waals surface area contributed by atoms with Gasteiger partial charge in [0.1, 0.15) is 40.6 Å². The van der Waals surface area contributed by atoms with Crippen LogP contribution in [0.15, 0.2) is 103 Å². The van der Waals surface area contributed by atoms with Crippen LogP contribution in [0.2, 0.25) is 0 Å². The number of halogens is 1. The molecule has 4 fully saturated rings. The number of carbonyl (C=O) groups excluding carboxylic acids is 6. The van der Waals surface area contributed by atoms with Crippen LogP contribution in [0.1, 0.15) is 77.0 Å². The van der Waals surface area contributed by atoms with Crippen molar-refractivity contribution < 1.29 is 47.7 Å². The Balaban J connectivity index is 0.695. The number of aryl methyl sites for hydroxylation is 1. The third kappa shape index (κ3) is 12.5. The zero-order valence-corrected chi connectivity index (χ0v) is 46.9. The molecule has 4 aliphatic rings. The van der Waals surface area contributed by atoms with Crippen molar-refractivity contribution in [3.63, 3.8) is 0 Å². The van der Waals surface area contributed by atoms with Gasteiger partial charge in [-0.1, -0.05) is 45.0 Å². The van der Waals surface area contributed by atoms with Crippen molar-refractivity contribution in [3.8, 4) is 27.7 Å². The second-order valence-electron chi connectivity index (χ2n) is 22.7. The lowest BCUT2D eigenvalue weighted by Crippen LogP contribution is -2.59. The first kappa shape index (κ1) is 56.3. The Morgan fingerprint density at radius 2 is 1.44 bits per heavy atom. The van der Waals surface area contributed by atoms with Crippen molar-refractivity contribution in [2.75, 3.05) is 55.4 Å². The molecule has 10 rings (SSSR count). The van der Waals surface area contributed by atoms with Crippen LogP contribution in [0.5, 0.6) is 17.2 Å². The largest absolute Gasteiger partial charge is 0.495 e. The lowest BCUT2D eigenvalue weighted by Gasteiger charge is -2.39. The highest BCUT2D eigenvalue weighted by Crippen LogP contribution is 2.48. The summed E-state index contributed by atoms with van der Waals surface area (Å²) in [6.45, 7) is 9.83. The molecule has 0 bridgehead atoms. The second-order valence-corrected chi connectivity index (χ2v) is 23.6. The van der Waals surface area contributed by atoms with E-state index < -0.39 is 58.5 Å². The average Bonchev–Trinajstić information content (AvgIpc) is 4.21. The van der Waals surface area contributed by atoms with E-state index in [-0.39, 0.29) is 43.1 Å². The Kier molecular flexibility index (Phi) is 16.4. The van der Waals surface area contributed by atoms with Gasteiger partial charge in [-0.25, -0.2) is 9.37 Å². The minimum absolute atomic E-state index is 0.0226. The molecule has 5 N–H and O–H groups in total. The SMILES string of the molecule is COc1cc2c(Oc3ccc(NC(=O)C4(C(=O)Nc5ccc(F)cc5)CC4)cc3)ccnc2cc1N1CCC(C(=O)N2CCC(C(=O)N[C@H](C(=O)N3C[C@H](O)C[C@H]3C(=O)NCc3ccc(-c4scnc4C)cc3)C(C)(C)C)CC2)CC1. The predicted molar refractivity (Wildman–Crippen MR) is 306 cm³/mol. The molecular formula is C61H68FN9O9S. The molecule has 4 aromatic carbocycles. The third-order valence-electron chi connectivity index (χ3n) is 16.1. The smallest absolute Gasteiger partial charge is 0.246 e. The van der Waals surface area contributed by atoms with Gasteiger partial charge in [-0.2, -0.15) is 0 Å². The highest BCUT2D eigenvalue weighted by molar-refractivity contribution is 7.13. The van der Waals surface area contributed by atoms with Crippen LogP contribution >= 0.6 is 11.3 Å². The van der Waals surface area contributed by atoms with E-state index in [0.29, 0.717) is 98.8 Å². The van der Waals surface area contributed by atoms with Crippen molar-refractivity contribution >= 4 is 74.7 Å². The third-order valence-corrected chi connectivity index (χ3v) is 17.1. The number of carbonyl (C=O) groups is 6. The van der Waals surface area contributed by atoms with Gasteiger partial charge in [0.05, 0.1) is 40.5 Å². The summed E-state index contributed by atoms with van der Waals surface area (Å²) in [5, 5.41) is 23.0. The number of hydrogen-bond acceptors (Lipinski definition) is 13. The maximum Gasteiger partial charge on any atom is 0.246 e. The Bertz CT molecular complexity index is 3310. The second kappa shape index (κ2) is 23.6. The number of likely N-dealkylation sites (tertiary alicyclic amines) is 2. The van der Waals surface area contributed by atoms with Crippen LogP contribution in [0.3, 0.4) is 0 Å². The van der Waals surface area contributed by atoms with E-state index in [1.54, 1.807) is 55.0 Å². The molecule has 2 aromatic heterocycles. The number of nitrogens with zero attached hydrogens (tertiary/aromatic N) is 5. The van der Waals surface area contributed by atoms with Gasteiger partial charge in [0.2, 0.25) is 35.4 Å². The van der Waals surface area contributed by atoms with Gasteiger partial charge in [0, 0.05) is 80.5 Å². The normalized spacial score (nSPS) is 18.7. The van der Waals surface area contributed by atoms with E-state index in [9.17, 15) is 38.3 Å². The monoisotopic (exact) mass is 1120 g/mol. The number of aliphatic hydroxyl groups is 1. The Morgan fingerprint density at radius 3 is 2.05 bits per heavy atom. The average molecular weight is 1120 g/mol. The fourth-order valence-corrected chi connectivity index (χ4v) is 11.9. The molecular weight excluding hydrogens is 1050 g/mol. The van der Waals surface area contributed by atoms with E-state index in [1.165, 1.54) is 29.2 Å². The molecule has 3 atom stereocenters. The highest BCUT2D eigenvalue weighted by Gasteiger charge is 2.56. The number of aromatic nitrogens is 2. The number of amides is 6. The summed E-state index contributed by atoms with van der Waals surface area (Å²) in [5.41, 5.74) is 5.22. The van der Waals surface area contributed by atoms with Crippen LogP contribution in [0.4, 0.5) is 21.5 Å². The van der Waals surface area contributed by atoms with E-state index in [1.807, 2.05) is 74.5 Å². The lowest BCUT2D eigenvalue weighted by molar-refractivity contribution is -0.145. The van der Waals surface area contributed by atoms with Crippen LogP contribution in [-0.2, 0) is 35.3 Å². The van der Waals surface area contributed by atoms with Gasteiger partial charge in [-0.05, 0) is 129 Å². The Hall–Kier alpha value is -7.97. The first-order chi connectivity index (χ1) is 38.9. The molecule has 1 saturated carbocycles. The summed E-state index contributed by atoms with van der Waals surface area (Å²) in [5.74, 6) is -1.22. The van der Waals surface area contributed by atoms with Gasteiger partial charge in [-0.15, -0.1) is 11.3 Å². The zero-order valence-electron chi connectivity index (χ0n) is 46.1. The number of nitrogens with one attached hydrogen (secondary N) is 4. The summed E-state index contributed by atoms with van der Waals surface area (Å²) in [6, 6.07) is 23.9. The number of piperidine rings is 2. The summed E-state index contributed by atoms with van der Waals surface area (Å²) in [6.07, 6.45) is 3.80. The van der Waals surface area contributed by atoms with Crippen LogP contribution in [0.25, 0.3) is 21.3 Å². The van der Waals surface area contributed by atoms with Crippen molar-refractivity contribution in [1.82, 2.24) is 30.4 Å². The molecule has 3 saturated heterocycles. The predicted octanol–water partition coefficient (Wildman–Crippen LogP) is 8.23. The summed E-state index contributed by atoms with van der Waals surface area (Å²) < 4.78 is 25.6. The number of hydrogen-bond donors (Lipinski definition) is 5. The van der Waals surface area contributed by atoms with Crippen molar-refractivity contribution in [2.45, 2.75) is 97.4 Å². The Labute approximate surface area is 473 Å². The standard InChI is InChI=1S/C61H68FN9O9S/c1-36-52(81-35-65-36)38-8-6-37(7-9-38)33-64-55(74)49-30-44(72)34-71(49)57(76)53(60(2,3)4)68-54(73)39-19-28-70(29-20-39)56(75)40-21-26-69(27-22-40)48-32-47-46(31-51(48)79-5)50(18-25-63-47)80-45-16-14-43(15-17-45)67-59(78)61(23-24-61)58(77)66-42-12-10-41(62)11-13-42/h6-18,25,31-32,35,39-40,44,49,53,72H,19-24,26-30,33-34H2,1-5H3,(H,64,74)(H,66,77)(H,67,78)(H,68,73)/t44-,49+,53-/m1/s1. The number of methoxy groups -OCH3 is 1. The molecule has 18 nitrogen and oxygen atoms in total. The number of aliphatic hydroxyl groups excluding tert-OH is 1. The molecule has 3 aliphatic heterocycles. The van der Waals surface area contributed by atoms with Gasteiger partial charge >= 0.3 is 0 Å². The first-order valence-corrected chi connectivity index (χ1v) is 28.5. The lowest BCUT2D eigenvalue weighted by atomic mass is 9.84. The van der Waals surface area contributed by atoms with Crippen molar-refractivity contribution in [2.24, 2.45) is 22.7 Å². The molecule has 424 valence electrons. The van der Waals surface area contributed by atoms with Crippen LogP contribution in [-0.4, -0.2) is 118 Å². The number of benzene rings is 4. The first-order valence-electron chi connectivity index (χ1n) is 27.6. The van der Waals surface area contributed by atoms with Gasteiger partial charge < -0.3 is 50.5 Å². The number of thiazole rings is 1. The molecule has 81 heavy (non-hydrogen) atoms. The number of pyridine rings is 1. The number of β-amino-alcohol motifs (C(OH)–C–C–N with tert-alkyl or cyclic N) is 1. The Morgan fingerprint density at radius 1 is 0.802 bits per heavy atom. The zero-order chi connectivity index (χ0) is 57.2. The fourth-order valence-electron chi connectivity index (χ4n) is 11.1. The fraction of sp³-hybridized carbons (Fsp3) is 0.410. The molecule has 0 unspecified atom stereocenters. The molecule has 6 aromatic rings. The summed E-state index contributed by atoms with van der Waals surface area (Å²) >= 11 is 1.57. The van der Waals surface area contributed by atoms with Crippen LogP contribution < -0.4 is 35.6 Å². The van der Waals surface area contributed by atoms with Crippen molar-refractivity contribution in [3.05, 3.63) is 120 Å².